The highest BCUT2D eigenvalue weighted by Gasteiger charge is 2.19. The molecule has 0 radical (unpaired) electrons. The quantitative estimate of drug-likeness (QED) is 0.923. The van der Waals surface area contributed by atoms with Crippen LogP contribution in [0.1, 0.15) is 51.1 Å². The second-order valence-corrected chi connectivity index (χ2v) is 7.26. The summed E-state index contributed by atoms with van der Waals surface area (Å²) in [7, 11) is 0. The molecule has 5 heteroatoms. The van der Waals surface area contributed by atoms with Crippen LogP contribution in [0.15, 0.2) is 5.38 Å². The maximum absolute atomic E-state index is 12.4. The van der Waals surface area contributed by atoms with Crippen molar-refractivity contribution in [1.82, 2.24) is 4.98 Å². The Balaban J connectivity index is 1.80. The van der Waals surface area contributed by atoms with E-state index in [-0.39, 0.29) is 5.91 Å². The number of amides is 1. The number of nitrogens with zero attached hydrogens (tertiary/aromatic N) is 1. The van der Waals surface area contributed by atoms with Crippen molar-refractivity contribution in [3.05, 3.63) is 32.0 Å². The van der Waals surface area contributed by atoms with E-state index in [0.29, 0.717) is 0 Å². The summed E-state index contributed by atoms with van der Waals surface area (Å²) >= 11 is 3.28. The molecule has 0 saturated carbocycles. The molecule has 0 spiro atoms. The summed E-state index contributed by atoms with van der Waals surface area (Å²) in [4.78, 5) is 19.5. The Morgan fingerprint density at radius 2 is 2.20 bits per heavy atom. The monoisotopic (exact) mass is 306 g/mol. The van der Waals surface area contributed by atoms with Gasteiger partial charge in [-0.05, 0) is 44.6 Å². The number of nitrogens with one attached hydrogen (secondary N) is 1. The molecule has 1 N–H and O–H groups in total. The number of carbonyl (C=O) groups is 1. The van der Waals surface area contributed by atoms with Crippen molar-refractivity contribution in [3.8, 4) is 0 Å². The van der Waals surface area contributed by atoms with Crippen LogP contribution in [0, 0.1) is 6.92 Å². The summed E-state index contributed by atoms with van der Waals surface area (Å²) in [6.45, 7) is 4.16. The van der Waals surface area contributed by atoms with E-state index in [9.17, 15) is 4.79 Å². The van der Waals surface area contributed by atoms with E-state index in [2.05, 4.69) is 24.1 Å². The molecule has 0 bridgehead atoms. The Bertz CT molecular complexity index is 619. The number of thiazole rings is 1. The Labute approximate surface area is 127 Å². The van der Waals surface area contributed by atoms with Crippen LogP contribution in [0.25, 0.3) is 0 Å². The molecule has 0 saturated heterocycles. The van der Waals surface area contributed by atoms with Gasteiger partial charge in [0.25, 0.3) is 5.91 Å². The van der Waals surface area contributed by atoms with Crippen molar-refractivity contribution in [2.75, 3.05) is 5.32 Å². The third-order valence-corrected chi connectivity index (χ3v) is 5.79. The smallest absolute Gasteiger partial charge is 0.258 e. The van der Waals surface area contributed by atoms with E-state index in [0.717, 1.165) is 35.5 Å². The minimum absolute atomic E-state index is 0.0164. The van der Waals surface area contributed by atoms with Crippen molar-refractivity contribution in [3.63, 3.8) is 0 Å². The minimum atomic E-state index is -0.0164. The number of aromatic nitrogens is 1. The fourth-order valence-electron chi connectivity index (χ4n) is 2.68. The molecule has 1 aliphatic rings. The molecule has 2 aromatic heterocycles. The van der Waals surface area contributed by atoms with Gasteiger partial charge in [0.2, 0.25) is 0 Å². The summed E-state index contributed by atoms with van der Waals surface area (Å²) in [5.74, 6) is -0.0164. The number of hydrogen-bond acceptors (Lipinski definition) is 4. The number of carbonyl (C=O) groups excluding carboxylic acids is 1. The first kappa shape index (κ1) is 13.8. The van der Waals surface area contributed by atoms with Crippen LogP contribution in [0.3, 0.4) is 0 Å². The van der Waals surface area contributed by atoms with E-state index in [4.69, 9.17) is 0 Å². The van der Waals surface area contributed by atoms with Gasteiger partial charge in [0.15, 0.2) is 5.13 Å². The molecule has 3 rings (SSSR count). The molecule has 106 valence electrons. The van der Waals surface area contributed by atoms with E-state index in [1.165, 1.54) is 28.3 Å². The number of fused-ring (bicyclic) bond motifs is 1. The lowest BCUT2D eigenvalue weighted by atomic mass is 10.0. The maximum atomic E-state index is 12.4. The maximum Gasteiger partial charge on any atom is 0.258 e. The lowest BCUT2D eigenvalue weighted by Crippen LogP contribution is -2.13. The van der Waals surface area contributed by atoms with Crippen LogP contribution in [-0.2, 0) is 19.3 Å². The predicted octanol–water partition coefficient (Wildman–Crippen LogP) is 4.21. The molecule has 2 heterocycles. The van der Waals surface area contributed by atoms with Crippen molar-refractivity contribution < 1.29 is 4.79 Å². The van der Waals surface area contributed by atoms with Crippen LogP contribution in [-0.4, -0.2) is 10.9 Å². The van der Waals surface area contributed by atoms with Crippen LogP contribution < -0.4 is 5.32 Å². The Kier molecular flexibility index (Phi) is 3.89. The van der Waals surface area contributed by atoms with Gasteiger partial charge in [0.05, 0.1) is 11.3 Å². The second kappa shape index (κ2) is 5.66. The summed E-state index contributed by atoms with van der Waals surface area (Å²) in [6, 6.07) is 0. The molecule has 1 amide bonds. The molecule has 2 aromatic rings. The molecule has 0 aliphatic heterocycles. The van der Waals surface area contributed by atoms with Gasteiger partial charge in [-0.15, -0.1) is 22.7 Å². The van der Waals surface area contributed by atoms with Crippen molar-refractivity contribution in [2.24, 2.45) is 0 Å². The van der Waals surface area contributed by atoms with E-state index < -0.39 is 0 Å². The van der Waals surface area contributed by atoms with Gasteiger partial charge in [-0.2, -0.15) is 0 Å². The molecule has 1 aliphatic carbocycles. The molecule has 3 nitrogen and oxygen atoms in total. The van der Waals surface area contributed by atoms with E-state index in [1.807, 2.05) is 5.38 Å². The number of aryl methyl sites for hydroxylation is 3. The Morgan fingerprint density at radius 3 is 2.95 bits per heavy atom. The normalized spacial score (nSPS) is 14.1. The molecular weight excluding hydrogens is 288 g/mol. The van der Waals surface area contributed by atoms with Gasteiger partial charge in [-0.3, -0.25) is 10.1 Å². The summed E-state index contributed by atoms with van der Waals surface area (Å²) in [5.41, 5.74) is 3.16. The van der Waals surface area contributed by atoms with E-state index >= 15 is 0 Å². The topological polar surface area (TPSA) is 42.0 Å². The molecule has 0 unspecified atom stereocenters. The van der Waals surface area contributed by atoms with Crippen LogP contribution in [0.2, 0.25) is 0 Å². The molecule has 0 fully saturated rings. The van der Waals surface area contributed by atoms with Crippen LogP contribution in [0.5, 0.6) is 0 Å². The number of rotatable bonds is 3. The van der Waals surface area contributed by atoms with Gasteiger partial charge >= 0.3 is 0 Å². The highest BCUT2D eigenvalue weighted by atomic mass is 32.1. The van der Waals surface area contributed by atoms with Crippen LogP contribution >= 0.6 is 22.7 Å². The summed E-state index contributed by atoms with van der Waals surface area (Å²) in [5, 5.41) is 5.69. The average Bonchev–Trinajstić information content (AvgIpc) is 3.00. The van der Waals surface area contributed by atoms with Gasteiger partial charge < -0.3 is 0 Å². The lowest BCUT2D eigenvalue weighted by molar-refractivity contribution is 0.102. The predicted molar refractivity (Wildman–Crippen MR) is 85.1 cm³/mol. The standard InChI is InChI=1S/C15H18N2OS2/c1-3-10-9(2)19-8-11(10)14(18)17-15-16-12-6-4-5-7-13(12)20-15/h8H,3-7H2,1-2H3,(H,16,17,18). The first-order valence-electron chi connectivity index (χ1n) is 7.06. The molecule has 0 atom stereocenters. The second-order valence-electron chi connectivity index (χ2n) is 5.09. The van der Waals surface area contributed by atoms with Gasteiger partial charge in [-0.25, -0.2) is 4.98 Å². The highest BCUT2D eigenvalue weighted by molar-refractivity contribution is 7.16. The van der Waals surface area contributed by atoms with Gasteiger partial charge in [0, 0.05) is 15.1 Å². The van der Waals surface area contributed by atoms with Crippen molar-refractivity contribution >= 4 is 33.7 Å². The number of hydrogen-bond donors (Lipinski definition) is 1. The summed E-state index contributed by atoms with van der Waals surface area (Å²) < 4.78 is 0. The van der Waals surface area contributed by atoms with Crippen LogP contribution in [0.4, 0.5) is 5.13 Å². The average molecular weight is 306 g/mol. The molecule has 20 heavy (non-hydrogen) atoms. The Hall–Kier alpha value is -1.20. The molecule has 0 aromatic carbocycles. The zero-order chi connectivity index (χ0) is 14.1. The number of thiophene rings is 1. The Morgan fingerprint density at radius 1 is 1.40 bits per heavy atom. The van der Waals surface area contributed by atoms with Crippen molar-refractivity contribution in [2.45, 2.75) is 46.0 Å². The first-order valence-corrected chi connectivity index (χ1v) is 8.75. The number of anilines is 1. The summed E-state index contributed by atoms with van der Waals surface area (Å²) in [6.07, 6.45) is 5.52. The third kappa shape index (κ3) is 2.52. The van der Waals surface area contributed by atoms with E-state index in [1.54, 1.807) is 22.7 Å². The lowest BCUT2D eigenvalue weighted by Gasteiger charge is -2.06. The zero-order valence-corrected chi connectivity index (χ0v) is 13.4. The fraction of sp³-hybridized carbons (Fsp3) is 0.467. The van der Waals surface area contributed by atoms with Gasteiger partial charge in [0.1, 0.15) is 0 Å². The largest absolute Gasteiger partial charge is 0.298 e. The van der Waals surface area contributed by atoms with Gasteiger partial charge in [-0.1, -0.05) is 6.92 Å². The zero-order valence-electron chi connectivity index (χ0n) is 11.8. The SMILES string of the molecule is CCc1c(C(=O)Nc2nc3c(s2)CCCC3)csc1C. The minimum Gasteiger partial charge on any atom is -0.298 e. The third-order valence-electron chi connectivity index (χ3n) is 3.77. The highest BCUT2D eigenvalue weighted by Crippen LogP contribution is 2.30. The fourth-order valence-corrected chi connectivity index (χ4v) is 4.66. The molecular formula is C15H18N2OS2. The van der Waals surface area contributed by atoms with Crippen molar-refractivity contribution in [1.29, 1.82) is 0 Å². The first-order chi connectivity index (χ1) is 9.69.